The molecular formula is C17H23N. The van der Waals surface area contributed by atoms with Gasteiger partial charge in [0.25, 0.3) is 0 Å². The molecule has 1 aliphatic carbocycles. The predicted octanol–water partition coefficient (Wildman–Crippen LogP) is 3.58. The summed E-state index contributed by atoms with van der Waals surface area (Å²) in [5.41, 5.74) is 3.56. The van der Waals surface area contributed by atoms with Crippen molar-refractivity contribution in [1.29, 1.82) is 0 Å². The normalized spacial score (nSPS) is 42.4. The standard InChI is InChI=1S/C17H23N/c1-17-14-9-5-3-7-12(14)11-16(18(17)2)13-8-4-6-10-15(13)17/h3,5,7,9,13,15-16H,4,6,8,10-11H2,1-2H3/t13?,15?,16-,17+/m1/s1. The highest BCUT2D eigenvalue weighted by Gasteiger charge is 2.58. The lowest BCUT2D eigenvalue weighted by molar-refractivity contribution is 0.101. The fourth-order valence-electron chi connectivity index (χ4n) is 5.31. The van der Waals surface area contributed by atoms with Crippen LogP contribution in [0.4, 0.5) is 0 Å². The molecule has 1 aromatic rings. The lowest BCUT2D eigenvalue weighted by Gasteiger charge is -2.44. The van der Waals surface area contributed by atoms with E-state index in [9.17, 15) is 0 Å². The van der Waals surface area contributed by atoms with Crippen molar-refractivity contribution in [1.82, 2.24) is 4.90 Å². The fourth-order valence-corrected chi connectivity index (χ4v) is 5.31. The second-order valence-electron chi connectivity index (χ2n) is 6.74. The molecule has 1 heteroatoms. The Bertz CT molecular complexity index is 480. The van der Waals surface area contributed by atoms with Gasteiger partial charge in [0.1, 0.15) is 0 Å². The van der Waals surface area contributed by atoms with Gasteiger partial charge in [0.05, 0.1) is 0 Å². The number of rotatable bonds is 0. The molecule has 96 valence electrons. The molecule has 2 heterocycles. The summed E-state index contributed by atoms with van der Waals surface area (Å²) in [6.45, 7) is 2.51. The predicted molar refractivity (Wildman–Crippen MR) is 74.5 cm³/mol. The topological polar surface area (TPSA) is 3.24 Å². The zero-order chi connectivity index (χ0) is 12.3. The summed E-state index contributed by atoms with van der Waals surface area (Å²) in [5.74, 6) is 1.84. The van der Waals surface area contributed by atoms with E-state index in [1.165, 1.54) is 32.1 Å². The maximum atomic E-state index is 2.72. The molecule has 0 aromatic heterocycles. The molecule has 0 radical (unpaired) electrons. The monoisotopic (exact) mass is 241 g/mol. The number of hydrogen-bond donors (Lipinski definition) is 0. The van der Waals surface area contributed by atoms with Crippen molar-refractivity contribution in [3.63, 3.8) is 0 Å². The Morgan fingerprint density at radius 3 is 2.83 bits per heavy atom. The molecule has 2 bridgehead atoms. The van der Waals surface area contributed by atoms with Crippen LogP contribution in [0.15, 0.2) is 24.3 Å². The molecule has 2 unspecified atom stereocenters. The minimum absolute atomic E-state index is 0.310. The van der Waals surface area contributed by atoms with Crippen LogP contribution < -0.4 is 0 Å². The molecule has 4 rings (SSSR count). The minimum Gasteiger partial charge on any atom is -0.293 e. The van der Waals surface area contributed by atoms with E-state index in [1.54, 1.807) is 11.1 Å². The number of likely N-dealkylation sites (N-methyl/N-ethyl adjacent to an activating group) is 1. The van der Waals surface area contributed by atoms with Gasteiger partial charge in [0.15, 0.2) is 0 Å². The van der Waals surface area contributed by atoms with Crippen molar-refractivity contribution in [2.24, 2.45) is 11.8 Å². The van der Waals surface area contributed by atoms with Crippen molar-refractivity contribution < 1.29 is 0 Å². The summed E-state index contributed by atoms with van der Waals surface area (Å²) in [6.07, 6.45) is 7.08. The van der Waals surface area contributed by atoms with Crippen molar-refractivity contribution in [2.75, 3.05) is 7.05 Å². The molecular weight excluding hydrogens is 218 g/mol. The summed E-state index contributed by atoms with van der Waals surface area (Å²) in [6, 6.07) is 10.0. The highest BCUT2D eigenvalue weighted by molar-refractivity contribution is 5.40. The van der Waals surface area contributed by atoms with Crippen molar-refractivity contribution in [3.05, 3.63) is 35.4 Å². The van der Waals surface area contributed by atoms with E-state index >= 15 is 0 Å². The van der Waals surface area contributed by atoms with Gasteiger partial charge in [-0.2, -0.15) is 0 Å². The molecule has 3 aliphatic rings. The molecule has 2 fully saturated rings. The lowest BCUT2D eigenvalue weighted by Crippen LogP contribution is -2.47. The van der Waals surface area contributed by atoms with E-state index < -0.39 is 0 Å². The molecule has 0 spiro atoms. The first-order valence-corrected chi connectivity index (χ1v) is 7.54. The van der Waals surface area contributed by atoms with Gasteiger partial charge in [-0.3, -0.25) is 4.90 Å². The number of fused-ring (bicyclic) bond motifs is 7. The van der Waals surface area contributed by atoms with Gasteiger partial charge in [0.2, 0.25) is 0 Å². The second kappa shape index (κ2) is 3.60. The van der Waals surface area contributed by atoms with Crippen molar-refractivity contribution in [2.45, 2.75) is 50.6 Å². The largest absolute Gasteiger partial charge is 0.293 e. The van der Waals surface area contributed by atoms with E-state index in [4.69, 9.17) is 0 Å². The van der Waals surface area contributed by atoms with Crippen molar-refractivity contribution in [3.8, 4) is 0 Å². The summed E-state index contributed by atoms with van der Waals surface area (Å²) in [4.78, 5) is 2.72. The number of nitrogens with zero attached hydrogens (tertiary/aromatic N) is 1. The van der Waals surface area contributed by atoms with E-state index in [2.05, 4.69) is 43.1 Å². The molecule has 0 N–H and O–H groups in total. The third-order valence-electron chi connectivity index (χ3n) is 6.26. The molecule has 1 saturated carbocycles. The Balaban J connectivity index is 1.90. The van der Waals surface area contributed by atoms with E-state index in [1.807, 2.05) is 0 Å². The van der Waals surface area contributed by atoms with Crippen LogP contribution in [0.25, 0.3) is 0 Å². The Labute approximate surface area is 110 Å². The van der Waals surface area contributed by atoms with Gasteiger partial charge in [-0.15, -0.1) is 0 Å². The Hall–Kier alpha value is -0.820. The summed E-state index contributed by atoms with van der Waals surface area (Å²) >= 11 is 0. The first kappa shape index (κ1) is 11.0. The van der Waals surface area contributed by atoms with Crippen molar-refractivity contribution >= 4 is 0 Å². The van der Waals surface area contributed by atoms with Crippen LogP contribution in [0.1, 0.15) is 43.7 Å². The van der Waals surface area contributed by atoms with E-state index in [0.29, 0.717) is 5.54 Å². The highest BCUT2D eigenvalue weighted by Crippen LogP contribution is 2.58. The summed E-state index contributed by atoms with van der Waals surface area (Å²) in [5, 5.41) is 0. The van der Waals surface area contributed by atoms with Gasteiger partial charge in [-0.1, -0.05) is 37.1 Å². The zero-order valence-corrected chi connectivity index (χ0v) is 11.5. The maximum Gasteiger partial charge on any atom is 0.0466 e. The van der Waals surface area contributed by atoms with Crippen LogP contribution in [-0.4, -0.2) is 18.0 Å². The molecule has 1 nitrogen and oxygen atoms in total. The molecule has 2 aliphatic heterocycles. The molecule has 18 heavy (non-hydrogen) atoms. The third kappa shape index (κ3) is 1.17. The van der Waals surface area contributed by atoms with Crippen LogP contribution in [0.2, 0.25) is 0 Å². The molecule has 1 aromatic carbocycles. The van der Waals surface area contributed by atoms with E-state index in [0.717, 1.165) is 17.9 Å². The average molecular weight is 241 g/mol. The fraction of sp³-hybridized carbons (Fsp3) is 0.647. The smallest absolute Gasteiger partial charge is 0.0466 e. The van der Waals surface area contributed by atoms with Gasteiger partial charge in [0, 0.05) is 11.6 Å². The first-order valence-electron chi connectivity index (χ1n) is 7.54. The lowest BCUT2D eigenvalue weighted by atomic mass is 9.70. The second-order valence-corrected chi connectivity index (χ2v) is 6.74. The summed E-state index contributed by atoms with van der Waals surface area (Å²) in [7, 11) is 2.37. The SMILES string of the molecule is CN1[C@@H]2Cc3ccccc3[C@@]1(C)C1CCCCC12. The number of hydrogen-bond acceptors (Lipinski definition) is 1. The van der Waals surface area contributed by atoms with Crippen LogP contribution in [-0.2, 0) is 12.0 Å². The zero-order valence-electron chi connectivity index (χ0n) is 11.5. The quantitative estimate of drug-likeness (QED) is 0.671. The van der Waals surface area contributed by atoms with Gasteiger partial charge >= 0.3 is 0 Å². The first-order chi connectivity index (χ1) is 8.73. The van der Waals surface area contributed by atoms with Crippen LogP contribution in [0.5, 0.6) is 0 Å². The summed E-state index contributed by atoms with van der Waals surface area (Å²) < 4.78 is 0. The Kier molecular flexibility index (Phi) is 2.21. The molecule has 1 saturated heterocycles. The van der Waals surface area contributed by atoms with Gasteiger partial charge in [-0.25, -0.2) is 0 Å². The van der Waals surface area contributed by atoms with Crippen LogP contribution in [0.3, 0.4) is 0 Å². The Morgan fingerprint density at radius 1 is 1.17 bits per heavy atom. The maximum absolute atomic E-state index is 2.72. The van der Waals surface area contributed by atoms with E-state index in [-0.39, 0.29) is 0 Å². The third-order valence-corrected chi connectivity index (χ3v) is 6.26. The van der Waals surface area contributed by atoms with Gasteiger partial charge in [-0.05, 0) is 56.2 Å². The Morgan fingerprint density at radius 2 is 1.94 bits per heavy atom. The van der Waals surface area contributed by atoms with Gasteiger partial charge < -0.3 is 0 Å². The molecule has 4 atom stereocenters. The number of benzene rings is 1. The minimum atomic E-state index is 0.310. The van der Waals surface area contributed by atoms with Crippen LogP contribution >= 0.6 is 0 Å². The average Bonchev–Trinajstić information content (AvgIpc) is 2.56. The molecule has 0 amide bonds. The van der Waals surface area contributed by atoms with Crippen LogP contribution in [0, 0.1) is 11.8 Å². The highest BCUT2D eigenvalue weighted by atomic mass is 15.3.